The lowest BCUT2D eigenvalue weighted by Crippen LogP contribution is -2.49. The number of hydrogen-bond donors (Lipinski definition) is 3. The Morgan fingerprint density at radius 2 is 2.03 bits per heavy atom. The number of halogens is 2. The van der Waals surface area contributed by atoms with Crippen molar-refractivity contribution in [3.8, 4) is 0 Å². The molecule has 1 aromatic heterocycles. The number of carbonyl (C=O) groups excluding carboxylic acids is 1. The first-order valence-corrected chi connectivity index (χ1v) is 11.4. The normalized spacial score (nSPS) is 16.0. The Labute approximate surface area is 196 Å². The highest BCUT2D eigenvalue weighted by molar-refractivity contribution is 7.99. The minimum absolute atomic E-state index is 0.0971. The van der Waals surface area contributed by atoms with Crippen molar-refractivity contribution in [1.82, 2.24) is 15.3 Å². The van der Waals surface area contributed by atoms with E-state index >= 15 is 4.39 Å². The molecule has 1 fully saturated rings. The van der Waals surface area contributed by atoms with Gasteiger partial charge in [-0.25, -0.2) is 19.2 Å². The Balaban J connectivity index is 1.58. The summed E-state index contributed by atoms with van der Waals surface area (Å²) in [4.78, 5) is 23.3. The maximum absolute atomic E-state index is 15.1. The molecule has 0 radical (unpaired) electrons. The SMILES string of the molecule is CC(C)(C)OC(=O)NCC1(F)CCN(c2cnc(Sc3cccc(N)c3Cl)c(N)n2)CC1. The smallest absolute Gasteiger partial charge is 0.407 e. The number of nitrogens with zero attached hydrogens (tertiary/aromatic N) is 3. The molecule has 3 rings (SSSR count). The average Bonchev–Trinajstić information content (AvgIpc) is 2.71. The second kappa shape index (κ2) is 9.58. The van der Waals surface area contributed by atoms with Gasteiger partial charge in [0.2, 0.25) is 0 Å². The lowest BCUT2D eigenvalue weighted by atomic mass is 9.93. The van der Waals surface area contributed by atoms with E-state index in [1.54, 1.807) is 39.1 Å². The number of anilines is 3. The van der Waals surface area contributed by atoms with E-state index in [9.17, 15) is 4.79 Å². The van der Waals surface area contributed by atoms with E-state index < -0.39 is 17.4 Å². The van der Waals surface area contributed by atoms with Crippen LogP contribution in [0.3, 0.4) is 0 Å². The summed E-state index contributed by atoms with van der Waals surface area (Å²) in [5, 5.41) is 3.48. The fourth-order valence-electron chi connectivity index (χ4n) is 3.18. The highest BCUT2D eigenvalue weighted by atomic mass is 35.5. The predicted molar refractivity (Wildman–Crippen MR) is 126 cm³/mol. The number of piperidine rings is 1. The molecule has 32 heavy (non-hydrogen) atoms. The lowest BCUT2D eigenvalue weighted by Gasteiger charge is -2.37. The maximum atomic E-state index is 15.1. The number of ether oxygens (including phenoxy) is 1. The summed E-state index contributed by atoms with van der Waals surface area (Å²) in [7, 11) is 0. The van der Waals surface area contributed by atoms with Crippen LogP contribution in [0.1, 0.15) is 33.6 Å². The Hall–Kier alpha value is -2.46. The summed E-state index contributed by atoms with van der Waals surface area (Å²) < 4.78 is 20.3. The second-order valence-electron chi connectivity index (χ2n) is 8.67. The number of benzene rings is 1. The predicted octanol–water partition coefficient (Wildman–Crippen LogP) is 4.28. The quantitative estimate of drug-likeness (QED) is 0.540. The molecule has 0 saturated carbocycles. The number of alkyl carbamates (subject to hydrolysis) is 1. The third-order valence-electron chi connectivity index (χ3n) is 4.88. The standard InChI is InChI=1S/C21H28ClFN6O2S/c1-20(2,3)31-19(30)27-12-21(23)7-9-29(10-8-21)15-11-26-18(17(25)28-15)32-14-6-4-5-13(24)16(14)22/h4-6,11H,7-10,12,24H2,1-3H3,(H2,25,28)(H,27,30). The van der Waals surface area contributed by atoms with Crippen molar-refractivity contribution in [2.45, 2.75) is 54.8 Å². The van der Waals surface area contributed by atoms with Crippen molar-refractivity contribution in [1.29, 1.82) is 0 Å². The number of rotatable bonds is 5. The number of carbonyl (C=O) groups is 1. The molecular weight excluding hydrogens is 455 g/mol. The van der Waals surface area contributed by atoms with Gasteiger partial charge in [0.05, 0.1) is 23.5 Å². The Morgan fingerprint density at radius 3 is 2.66 bits per heavy atom. The summed E-state index contributed by atoms with van der Waals surface area (Å²) in [5.41, 5.74) is 10.3. The Kier molecular flexibility index (Phi) is 7.24. The van der Waals surface area contributed by atoms with Crippen molar-refractivity contribution < 1.29 is 13.9 Å². The molecule has 1 amide bonds. The van der Waals surface area contributed by atoms with E-state index in [0.717, 1.165) is 4.90 Å². The van der Waals surface area contributed by atoms with Crippen LogP contribution in [-0.4, -0.2) is 47.0 Å². The molecular formula is C21H28ClFN6O2S. The van der Waals surface area contributed by atoms with Crippen LogP contribution in [0.4, 0.5) is 26.5 Å². The van der Waals surface area contributed by atoms with Crippen LogP contribution >= 0.6 is 23.4 Å². The van der Waals surface area contributed by atoms with Crippen molar-refractivity contribution in [2.75, 3.05) is 36.0 Å². The van der Waals surface area contributed by atoms with E-state index in [4.69, 9.17) is 27.8 Å². The van der Waals surface area contributed by atoms with E-state index in [1.807, 2.05) is 11.0 Å². The molecule has 0 aliphatic carbocycles. The average molecular weight is 483 g/mol. The number of hydrogen-bond acceptors (Lipinski definition) is 8. The van der Waals surface area contributed by atoms with Crippen LogP contribution < -0.4 is 21.7 Å². The molecule has 1 aliphatic heterocycles. The number of aromatic nitrogens is 2. The first-order valence-electron chi connectivity index (χ1n) is 10.2. The van der Waals surface area contributed by atoms with Gasteiger partial charge >= 0.3 is 6.09 Å². The largest absolute Gasteiger partial charge is 0.444 e. The van der Waals surface area contributed by atoms with Crippen LogP contribution in [0.15, 0.2) is 34.3 Å². The van der Waals surface area contributed by atoms with Crippen LogP contribution in [0.2, 0.25) is 5.02 Å². The van der Waals surface area contributed by atoms with Gasteiger partial charge in [0, 0.05) is 30.8 Å². The van der Waals surface area contributed by atoms with Crippen LogP contribution in [0, 0.1) is 0 Å². The first kappa shape index (κ1) is 24.2. The van der Waals surface area contributed by atoms with Gasteiger partial charge in [-0.05, 0) is 32.9 Å². The van der Waals surface area contributed by atoms with Crippen LogP contribution in [0.5, 0.6) is 0 Å². The molecule has 0 bridgehead atoms. The summed E-state index contributed by atoms with van der Waals surface area (Å²) in [5.74, 6) is 0.836. The number of amides is 1. The summed E-state index contributed by atoms with van der Waals surface area (Å²) in [6.07, 6.45) is 1.46. The van der Waals surface area contributed by atoms with Crippen LogP contribution in [0.25, 0.3) is 0 Å². The number of nitrogen functional groups attached to an aromatic ring is 2. The van der Waals surface area contributed by atoms with Crippen molar-refractivity contribution in [2.24, 2.45) is 0 Å². The molecule has 0 atom stereocenters. The molecule has 0 unspecified atom stereocenters. The molecule has 174 valence electrons. The van der Waals surface area contributed by atoms with Gasteiger partial charge in [-0.2, -0.15) is 0 Å². The molecule has 1 aromatic carbocycles. The number of nitrogens with two attached hydrogens (primary N) is 2. The van der Waals surface area contributed by atoms with Crippen molar-refractivity contribution in [3.05, 3.63) is 29.4 Å². The fraction of sp³-hybridized carbons (Fsp3) is 0.476. The lowest BCUT2D eigenvalue weighted by molar-refractivity contribution is 0.0453. The molecule has 2 heterocycles. The number of nitrogens with one attached hydrogen (secondary N) is 1. The monoisotopic (exact) mass is 482 g/mol. The van der Waals surface area contributed by atoms with Crippen LogP contribution in [-0.2, 0) is 4.74 Å². The molecule has 2 aromatic rings. The minimum Gasteiger partial charge on any atom is -0.444 e. The summed E-state index contributed by atoms with van der Waals surface area (Å²) in [6, 6.07) is 5.35. The van der Waals surface area contributed by atoms with Gasteiger partial charge in [0.25, 0.3) is 0 Å². The third kappa shape index (κ3) is 6.29. The zero-order chi connectivity index (χ0) is 23.5. The van der Waals surface area contributed by atoms with E-state index in [0.29, 0.717) is 34.6 Å². The van der Waals surface area contributed by atoms with Gasteiger partial charge in [-0.3, -0.25) is 0 Å². The van der Waals surface area contributed by atoms with Gasteiger partial charge in [-0.1, -0.05) is 29.4 Å². The second-order valence-corrected chi connectivity index (χ2v) is 10.1. The topological polar surface area (TPSA) is 119 Å². The van der Waals surface area contributed by atoms with Gasteiger partial charge < -0.3 is 26.4 Å². The highest BCUT2D eigenvalue weighted by Crippen LogP contribution is 2.37. The van der Waals surface area contributed by atoms with E-state index in [2.05, 4.69) is 15.3 Å². The minimum atomic E-state index is -1.51. The first-order chi connectivity index (χ1) is 15.0. The third-order valence-corrected chi connectivity index (χ3v) is 6.49. The summed E-state index contributed by atoms with van der Waals surface area (Å²) in [6.45, 7) is 6.03. The molecule has 5 N–H and O–H groups in total. The van der Waals surface area contributed by atoms with E-state index in [-0.39, 0.29) is 25.2 Å². The van der Waals surface area contributed by atoms with Gasteiger partial charge in [-0.15, -0.1) is 0 Å². The molecule has 1 aliphatic rings. The molecule has 8 nitrogen and oxygen atoms in total. The van der Waals surface area contributed by atoms with Gasteiger partial charge in [0.15, 0.2) is 5.82 Å². The fourth-order valence-corrected chi connectivity index (χ4v) is 4.24. The highest BCUT2D eigenvalue weighted by Gasteiger charge is 2.36. The zero-order valence-electron chi connectivity index (χ0n) is 18.3. The van der Waals surface area contributed by atoms with Crippen molar-refractivity contribution >= 4 is 46.8 Å². The van der Waals surface area contributed by atoms with Gasteiger partial charge in [0.1, 0.15) is 22.1 Å². The molecule has 1 saturated heterocycles. The van der Waals surface area contributed by atoms with Crippen molar-refractivity contribution in [3.63, 3.8) is 0 Å². The zero-order valence-corrected chi connectivity index (χ0v) is 19.9. The Morgan fingerprint density at radius 1 is 1.34 bits per heavy atom. The maximum Gasteiger partial charge on any atom is 0.407 e. The molecule has 11 heteroatoms. The Bertz CT molecular complexity index is 979. The molecule has 0 spiro atoms. The summed E-state index contributed by atoms with van der Waals surface area (Å²) >= 11 is 7.52. The number of alkyl halides is 1. The van der Waals surface area contributed by atoms with E-state index in [1.165, 1.54) is 11.8 Å².